The summed E-state index contributed by atoms with van der Waals surface area (Å²) in [4.78, 5) is 2.30. The van der Waals surface area contributed by atoms with E-state index in [9.17, 15) is 0 Å². The molecule has 32 heavy (non-hydrogen) atoms. The summed E-state index contributed by atoms with van der Waals surface area (Å²) in [7, 11) is 1.97. The van der Waals surface area contributed by atoms with Crippen LogP contribution in [0.4, 0.5) is 0 Å². The molecular formula is C24H34ClN7. The van der Waals surface area contributed by atoms with Crippen LogP contribution in [-0.2, 0) is 6.54 Å². The molecule has 0 saturated carbocycles. The van der Waals surface area contributed by atoms with Crippen LogP contribution in [0.1, 0.15) is 44.7 Å². The van der Waals surface area contributed by atoms with Gasteiger partial charge in [0.05, 0.1) is 18.3 Å². The minimum absolute atomic E-state index is 0.369. The van der Waals surface area contributed by atoms with Crippen molar-refractivity contribution >= 4 is 30.1 Å². The van der Waals surface area contributed by atoms with E-state index in [4.69, 9.17) is 11.6 Å². The molecule has 1 aliphatic rings. The second-order valence-corrected chi connectivity index (χ2v) is 8.54. The van der Waals surface area contributed by atoms with Crippen LogP contribution in [0.15, 0.2) is 69.4 Å². The molecule has 1 aromatic rings. The van der Waals surface area contributed by atoms with Crippen LogP contribution in [0, 0.1) is 0 Å². The van der Waals surface area contributed by atoms with Crippen molar-refractivity contribution in [1.29, 1.82) is 0 Å². The van der Waals surface area contributed by atoms with E-state index in [0.717, 1.165) is 48.5 Å². The number of rotatable bonds is 10. The van der Waals surface area contributed by atoms with Crippen molar-refractivity contribution in [2.45, 2.75) is 46.2 Å². The van der Waals surface area contributed by atoms with Crippen LogP contribution in [0.2, 0.25) is 5.02 Å². The molecule has 0 radical (unpaired) electrons. The van der Waals surface area contributed by atoms with E-state index < -0.39 is 0 Å². The Labute approximate surface area is 197 Å². The lowest BCUT2D eigenvalue weighted by atomic mass is 10.0. The molecule has 0 bridgehead atoms. The van der Waals surface area contributed by atoms with Crippen molar-refractivity contribution in [3.63, 3.8) is 0 Å². The third kappa shape index (κ3) is 7.96. The first-order valence-corrected chi connectivity index (χ1v) is 11.0. The number of benzene rings is 1. The molecule has 1 heterocycles. The predicted octanol–water partition coefficient (Wildman–Crippen LogP) is 5.98. The molecule has 172 valence electrons. The summed E-state index contributed by atoms with van der Waals surface area (Å²) in [6, 6.07) is 6.19. The molecule has 0 unspecified atom stereocenters. The van der Waals surface area contributed by atoms with Crippen LogP contribution >= 0.6 is 11.6 Å². The second kappa shape index (κ2) is 12.2. The lowest BCUT2D eigenvalue weighted by Crippen LogP contribution is -2.40. The van der Waals surface area contributed by atoms with E-state index in [0.29, 0.717) is 23.3 Å². The number of hydrogen-bond donors (Lipinski definition) is 0. The van der Waals surface area contributed by atoms with Crippen LogP contribution in [0.25, 0.3) is 6.08 Å². The topological polar surface area (TPSA) is 59.2 Å². The van der Waals surface area contributed by atoms with Crippen molar-refractivity contribution in [2.24, 2.45) is 20.5 Å². The highest BCUT2D eigenvalue weighted by Crippen LogP contribution is 2.23. The highest BCUT2D eigenvalue weighted by molar-refractivity contribution is 6.30. The zero-order valence-corrected chi connectivity index (χ0v) is 20.4. The van der Waals surface area contributed by atoms with Gasteiger partial charge in [-0.1, -0.05) is 42.1 Å². The van der Waals surface area contributed by atoms with Gasteiger partial charge in [0.2, 0.25) is 0 Å². The number of piperidine rings is 1. The first-order chi connectivity index (χ1) is 15.2. The summed E-state index contributed by atoms with van der Waals surface area (Å²) in [6.07, 6.45) is 6.12. The fourth-order valence-electron chi connectivity index (χ4n) is 3.41. The van der Waals surface area contributed by atoms with Gasteiger partial charge in [0.1, 0.15) is 0 Å². The van der Waals surface area contributed by atoms with Gasteiger partial charge < -0.3 is 4.90 Å². The van der Waals surface area contributed by atoms with Gasteiger partial charge in [0, 0.05) is 43.3 Å². The van der Waals surface area contributed by atoms with E-state index in [1.807, 2.05) is 51.0 Å². The molecular weight excluding hydrogens is 422 g/mol. The van der Waals surface area contributed by atoms with E-state index in [-0.39, 0.29) is 0 Å². The number of hydrogen-bond acceptors (Lipinski definition) is 6. The molecule has 1 aromatic carbocycles. The van der Waals surface area contributed by atoms with Gasteiger partial charge in [0.25, 0.3) is 0 Å². The summed E-state index contributed by atoms with van der Waals surface area (Å²) >= 11 is 6.24. The van der Waals surface area contributed by atoms with E-state index in [1.165, 1.54) is 0 Å². The fourth-order valence-corrected chi connectivity index (χ4v) is 3.61. The summed E-state index contributed by atoms with van der Waals surface area (Å²) in [5.41, 5.74) is 4.65. The van der Waals surface area contributed by atoms with Crippen molar-refractivity contribution in [3.8, 4) is 0 Å². The first kappa shape index (κ1) is 25.3. The molecule has 8 heteroatoms. The minimum Gasteiger partial charge on any atom is -0.372 e. The second-order valence-electron chi connectivity index (χ2n) is 8.10. The van der Waals surface area contributed by atoms with Gasteiger partial charge in [-0.2, -0.15) is 15.3 Å². The largest absolute Gasteiger partial charge is 0.372 e. The fraction of sp³-hybridized carbons (Fsp3) is 0.417. The minimum atomic E-state index is 0.369. The molecule has 0 aromatic heterocycles. The van der Waals surface area contributed by atoms with Crippen LogP contribution in [-0.4, -0.2) is 53.6 Å². The number of nitrogens with zero attached hydrogens (tertiary/aromatic N) is 7. The molecule has 1 aliphatic heterocycles. The maximum absolute atomic E-state index is 6.24. The number of hydrazone groups is 2. The van der Waals surface area contributed by atoms with Gasteiger partial charge in [-0.05, 0) is 62.9 Å². The lowest BCUT2D eigenvalue weighted by molar-refractivity contribution is 0.146. The highest BCUT2D eigenvalue weighted by Gasteiger charge is 2.22. The van der Waals surface area contributed by atoms with E-state index in [1.54, 1.807) is 5.12 Å². The maximum Gasteiger partial charge on any atom is 0.0863 e. The molecule has 0 N–H and O–H groups in total. The molecule has 0 spiro atoms. The third-order valence-corrected chi connectivity index (χ3v) is 5.34. The van der Waals surface area contributed by atoms with E-state index >= 15 is 0 Å². The SMILES string of the molecule is C=NN(Cc1cc(Cl)ccc1/C=C/C(=C)N1CCC(N(C)/N=N\C(=C)C)CC1)N=C(C)C. The van der Waals surface area contributed by atoms with Crippen LogP contribution in [0.3, 0.4) is 0 Å². The zero-order chi connectivity index (χ0) is 23.7. The monoisotopic (exact) mass is 455 g/mol. The van der Waals surface area contributed by atoms with Gasteiger partial charge in [-0.3, -0.25) is 5.01 Å². The van der Waals surface area contributed by atoms with Gasteiger partial charge in [-0.15, -0.1) is 5.11 Å². The summed E-state index contributed by atoms with van der Waals surface area (Å²) in [5, 5.41) is 20.8. The maximum atomic E-state index is 6.24. The molecule has 0 aliphatic carbocycles. The van der Waals surface area contributed by atoms with Crippen LogP contribution < -0.4 is 0 Å². The van der Waals surface area contributed by atoms with Gasteiger partial charge in [-0.25, -0.2) is 0 Å². The molecule has 0 atom stereocenters. The van der Waals surface area contributed by atoms with E-state index in [2.05, 4.69) is 57.5 Å². The third-order valence-electron chi connectivity index (χ3n) is 5.11. The van der Waals surface area contributed by atoms with Crippen molar-refractivity contribution in [3.05, 3.63) is 65.0 Å². The Bertz CT molecular complexity index is 907. The molecule has 1 fully saturated rings. The van der Waals surface area contributed by atoms with Gasteiger partial charge in [0.15, 0.2) is 0 Å². The van der Waals surface area contributed by atoms with Crippen molar-refractivity contribution in [1.82, 2.24) is 15.0 Å². The normalized spacial score (nSPS) is 14.6. The Morgan fingerprint density at radius 1 is 1.22 bits per heavy atom. The standard InChI is InChI=1S/C24H34ClN7/c1-18(2)27-29-30(7)24-12-14-31(15-13-24)20(5)8-9-21-10-11-23(25)16-22(21)17-32(26-6)28-19(3)4/h8-11,16,24H,1,5-6,12-15,17H2,2-4,7H3/b9-8+,29-27-. The number of likely N-dealkylation sites (tertiary alicyclic amines) is 1. The van der Waals surface area contributed by atoms with Crippen molar-refractivity contribution in [2.75, 3.05) is 20.1 Å². The predicted molar refractivity (Wildman–Crippen MR) is 136 cm³/mol. The molecule has 7 nitrogen and oxygen atoms in total. The average molecular weight is 456 g/mol. The first-order valence-electron chi connectivity index (χ1n) is 10.7. The highest BCUT2D eigenvalue weighted by atomic mass is 35.5. The lowest BCUT2D eigenvalue weighted by Gasteiger charge is -2.36. The van der Waals surface area contributed by atoms with Crippen molar-refractivity contribution < 1.29 is 0 Å². The Morgan fingerprint density at radius 3 is 2.50 bits per heavy atom. The Hall–Kier alpha value is -2.93. The smallest absolute Gasteiger partial charge is 0.0863 e. The quantitative estimate of drug-likeness (QED) is 0.189. The summed E-state index contributed by atoms with van der Waals surface area (Å²) in [6.45, 7) is 19.7. The molecule has 0 amide bonds. The molecule has 1 saturated heterocycles. The summed E-state index contributed by atoms with van der Waals surface area (Å²) < 4.78 is 0. The van der Waals surface area contributed by atoms with Crippen LogP contribution in [0.5, 0.6) is 0 Å². The number of halogens is 1. The average Bonchev–Trinajstić information content (AvgIpc) is 2.76. The molecule has 2 rings (SSSR count). The Balaban J connectivity index is 2.03. The number of allylic oxidation sites excluding steroid dienone is 2. The Kier molecular flexibility index (Phi) is 9.65. The Morgan fingerprint density at radius 2 is 1.91 bits per heavy atom. The van der Waals surface area contributed by atoms with Gasteiger partial charge >= 0.3 is 0 Å². The zero-order valence-electron chi connectivity index (χ0n) is 19.6. The summed E-state index contributed by atoms with van der Waals surface area (Å²) in [5.74, 6) is 0.